The number of rotatable bonds is 12. The average molecular weight is 558 g/mol. The SMILES string of the molecule is O=C(O)CN(CC(=O)O)CC(=O)O.O=C(O)CN(CC(=O)O)CC(=O)O.[Ni].[Ni].[Ni]. The van der Waals surface area contributed by atoms with Gasteiger partial charge in [0.2, 0.25) is 0 Å². The molecule has 0 aromatic carbocycles. The summed E-state index contributed by atoms with van der Waals surface area (Å²) in [7, 11) is 0. The molecule has 0 bridgehead atoms. The fraction of sp³-hybridized carbons (Fsp3) is 0.500. The number of carboxylic acid groups (broad SMARTS) is 6. The zero-order valence-electron chi connectivity index (χ0n) is 14.2. The van der Waals surface area contributed by atoms with Gasteiger partial charge in [0.25, 0.3) is 0 Å². The van der Waals surface area contributed by atoms with E-state index in [2.05, 4.69) is 0 Å². The van der Waals surface area contributed by atoms with E-state index in [1.807, 2.05) is 0 Å². The van der Waals surface area contributed by atoms with Crippen LogP contribution in [-0.4, -0.2) is 116 Å². The molecule has 17 heteroatoms. The summed E-state index contributed by atoms with van der Waals surface area (Å²) in [6, 6.07) is 0. The summed E-state index contributed by atoms with van der Waals surface area (Å²) in [5.74, 6) is -7.57. The van der Waals surface area contributed by atoms with Gasteiger partial charge in [-0.15, -0.1) is 0 Å². The van der Waals surface area contributed by atoms with Crippen LogP contribution in [0.2, 0.25) is 0 Å². The third kappa shape index (κ3) is 31.2. The van der Waals surface area contributed by atoms with Crippen molar-refractivity contribution in [3.8, 4) is 0 Å². The monoisotopic (exact) mass is 556 g/mol. The second-order valence-electron chi connectivity index (χ2n) is 4.65. The van der Waals surface area contributed by atoms with Crippen LogP contribution < -0.4 is 0 Å². The van der Waals surface area contributed by atoms with E-state index in [1.165, 1.54) is 0 Å². The van der Waals surface area contributed by atoms with Crippen LogP contribution >= 0.6 is 0 Å². The third-order valence-electron chi connectivity index (χ3n) is 2.15. The Hall–Kier alpha value is -1.78. The van der Waals surface area contributed by atoms with Gasteiger partial charge < -0.3 is 30.6 Å². The fourth-order valence-corrected chi connectivity index (χ4v) is 1.48. The van der Waals surface area contributed by atoms with E-state index in [0.29, 0.717) is 0 Å². The maximum atomic E-state index is 10.1. The van der Waals surface area contributed by atoms with Crippen molar-refractivity contribution in [3.05, 3.63) is 0 Å². The molecular formula is C12H18N2Ni3O12. The Balaban J connectivity index is -0.000000120. The molecule has 0 saturated carbocycles. The summed E-state index contributed by atoms with van der Waals surface area (Å²) in [5.41, 5.74) is 0. The summed E-state index contributed by atoms with van der Waals surface area (Å²) < 4.78 is 0. The van der Waals surface area contributed by atoms with Crippen molar-refractivity contribution in [1.29, 1.82) is 0 Å². The molecule has 0 fully saturated rings. The Labute approximate surface area is 193 Å². The number of hydrogen-bond donors (Lipinski definition) is 6. The smallest absolute Gasteiger partial charge is 0.317 e. The van der Waals surface area contributed by atoms with Gasteiger partial charge in [0, 0.05) is 49.5 Å². The molecule has 0 aliphatic carbocycles. The number of carbonyl (C=O) groups is 6. The first-order valence-electron chi connectivity index (χ1n) is 6.59. The zero-order valence-corrected chi connectivity index (χ0v) is 17.2. The molecule has 0 aromatic heterocycles. The Kier molecular flexibility index (Phi) is 27.4. The second-order valence-corrected chi connectivity index (χ2v) is 4.65. The van der Waals surface area contributed by atoms with Crippen molar-refractivity contribution >= 4 is 35.8 Å². The molecule has 0 aliphatic rings. The largest absolute Gasteiger partial charge is 0.480 e. The number of carboxylic acids is 6. The normalized spacial score (nSPS) is 8.90. The fourth-order valence-electron chi connectivity index (χ4n) is 1.48. The summed E-state index contributed by atoms with van der Waals surface area (Å²) in [6.07, 6.45) is 0. The van der Waals surface area contributed by atoms with Crippen molar-refractivity contribution < 1.29 is 109 Å². The van der Waals surface area contributed by atoms with Gasteiger partial charge in [0.1, 0.15) is 0 Å². The molecule has 14 nitrogen and oxygen atoms in total. The van der Waals surface area contributed by atoms with Crippen LogP contribution in [0.15, 0.2) is 0 Å². The van der Waals surface area contributed by atoms with Gasteiger partial charge in [0.05, 0.1) is 39.3 Å². The van der Waals surface area contributed by atoms with Crippen LogP contribution in [-0.2, 0) is 78.2 Å². The van der Waals surface area contributed by atoms with Crippen LogP contribution in [0, 0.1) is 0 Å². The number of hydrogen-bond acceptors (Lipinski definition) is 8. The van der Waals surface area contributed by atoms with Crippen LogP contribution in [0.4, 0.5) is 0 Å². The van der Waals surface area contributed by atoms with Gasteiger partial charge in [-0.05, 0) is 0 Å². The first-order chi connectivity index (χ1) is 11.8. The van der Waals surface area contributed by atoms with Crippen LogP contribution in [0.1, 0.15) is 0 Å². The molecule has 0 saturated heterocycles. The molecule has 0 aromatic rings. The van der Waals surface area contributed by atoms with Gasteiger partial charge in [0.15, 0.2) is 0 Å². The molecule has 0 unspecified atom stereocenters. The van der Waals surface area contributed by atoms with Crippen LogP contribution in [0.5, 0.6) is 0 Å². The summed E-state index contributed by atoms with van der Waals surface area (Å²) in [5, 5.41) is 49.7. The number of aliphatic carboxylic acids is 6. The first-order valence-corrected chi connectivity index (χ1v) is 6.59. The minimum Gasteiger partial charge on any atom is -0.480 e. The van der Waals surface area contributed by atoms with Crippen molar-refractivity contribution in [2.24, 2.45) is 0 Å². The third-order valence-corrected chi connectivity index (χ3v) is 2.15. The molecular weight excluding hydrogens is 540 g/mol. The molecule has 178 valence electrons. The van der Waals surface area contributed by atoms with Gasteiger partial charge >= 0.3 is 35.8 Å². The van der Waals surface area contributed by atoms with E-state index in [-0.39, 0.29) is 49.5 Å². The first kappa shape index (κ1) is 37.9. The van der Waals surface area contributed by atoms with E-state index in [1.54, 1.807) is 0 Å². The minimum atomic E-state index is -1.26. The van der Waals surface area contributed by atoms with Crippen molar-refractivity contribution in [1.82, 2.24) is 9.80 Å². The second kappa shape index (κ2) is 20.9. The van der Waals surface area contributed by atoms with E-state index in [4.69, 9.17) is 30.6 Å². The van der Waals surface area contributed by atoms with Crippen LogP contribution in [0.3, 0.4) is 0 Å². The van der Waals surface area contributed by atoms with Crippen molar-refractivity contribution in [3.63, 3.8) is 0 Å². The molecule has 0 atom stereocenters. The van der Waals surface area contributed by atoms with Crippen LogP contribution in [0.25, 0.3) is 0 Å². The standard InChI is InChI=1S/2C6H9NO6.3Ni/c2*8-4(9)1-7(2-5(10)11)3-6(12)13;;;/h2*1-3H2,(H,8,9)(H,10,11)(H,12,13);;;. The topological polar surface area (TPSA) is 230 Å². The molecule has 0 spiro atoms. The van der Waals surface area contributed by atoms with E-state index in [0.717, 1.165) is 9.80 Å². The van der Waals surface area contributed by atoms with Crippen molar-refractivity contribution in [2.45, 2.75) is 0 Å². The Morgan fingerprint density at radius 1 is 0.379 bits per heavy atom. The molecule has 0 radical (unpaired) electrons. The van der Waals surface area contributed by atoms with E-state index in [9.17, 15) is 28.8 Å². The maximum absolute atomic E-state index is 10.1. The Bertz CT molecular complexity index is 436. The Morgan fingerprint density at radius 2 is 0.483 bits per heavy atom. The van der Waals surface area contributed by atoms with E-state index >= 15 is 0 Å². The van der Waals surface area contributed by atoms with Crippen molar-refractivity contribution in [2.75, 3.05) is 39.3 Å². The molecule has 29 heavy (non-hydrogen) atoms. The maximum Gasteiger partial charge on any atom is 0.317 e. The number of nitrogens with zero attached hydrogens (tertiary/aromatic N) is 2. The predicted octanol–water partition coefficient (Wildman–Crippen LogP) is -2.92. The summed E-state index contributed by atoms with van der Waals surface area (Å²) >= 11 is 0. The van der Waals surface area contributed by atoms with Gasteiger partial charge in [-0.3, -0.25) is 38.6 Å². The Morgan fingerprint density at radius 3 is 0.552 bits per heavy atom. The van der Waals surface area contributed by atoms with Gasteiger partial charge in [-0.25, -0.2) is 0 Å². The zero-order chi connectivity index (χ0) is 20.9. The minimum absolute atomic E-state index is 0. The summed E-state index contributed by atoms with van der Waals surface area (Å²) in [4.78, 5) is 62.5. The molecule has 0 aliphatic heterocycles. The molecule has 0 amide bonds. The molecule has 0 rings (SSSR count). The van der Waals surface area contributed by atoms with E-state index < -0.39 is 75.1 Å². The average Bonchev–Trinajstić information content (AvgIpc) is 2.33. The summed E-state index contributed by atoms with van der Waals surface area (Å²) in [6.45, 7) is -3.59. The molecule has 0 heterocycles. The predicted molar refractivity (Wildman–Crippen MR) is 78.7 cm³/mol. The van der Waals surface area contributed by atoms with Gasteiger partial charge in [-0.2, -0.15) is 0 Å². The molecule has 6 N–H and O–H groups in total. The quantitative estimate of drug-likeness (QED) is 0.132. The van der Waals surface area contributed by atoms with Gasteiger partial charge in [-0.1, -0.05) is 0 Å².